The number of amides is 1. The van der Waals surface area contributed by atoms with E-state index in [1.165, 1.54) is 33.3 Å². The highest BCUT2D eigenvalue weighted by Gasteiger charge is 2.33. The van der Waals surface area contributed by atoms with Crippen molar-refractivity contribution in [3.05, 3.63) is 118 Å². The molecule has 0 saturated heterocycles. The number of rotatable bonds is 9. The van der Waals surface area contributed by atoms with E-state index in [2.05, 4.69) is 79.0 Å². The van der Waals surface area contributed by atoms with E-state index in [9.17, 15) is 9.90 Å². The van der Waals surface area contributed by atoms with E-state index < -0.39 is 6.04 Å². The van der Waals surface area contributed by atoms with E-state index in [1.807, 2.05) is 30.3 Å². The molecule has 5 heteroatoms. The van der Waals surface area contributed by atoms with E-state index in [1.54, 1.807) is 0 Å². The largest absolute Gasteiger partial charge is 0.394 e. The molecule has 0 spiro atoms. The molecule has 42 heavy (non-hydrogen) atoms. The predicted molar refractivity (Wildman–Crippen MR) is 170 cm³/mol. The van der Waals surface area contributed by atoms with Crippen molar-refractivity contribution >= 4 is 22.5 Å². The Bertz CT molecular complexity index is 1700. The second-order valence-electron chi connectivity index (χ2n) is 11.9. The fourth-order valence-electron chi connectivity index (χ4n) is 7.06. The zero-order valence-electron chi connectivity index (χ0n) is 24.9. The highest BCUT2D eigenvalue weighted by atomic mass is 16.3. The molecule has 1 aliphatic rings. The second kappa shape index (κ2) is 12.1. The number of aromatic nitrogens is 2. The number of nitrogens with zero attached hydrogens (tertiary/aromatic N) is 2. The molecule has 0 unspecified atom stereocenters. The molecular weight excluding hydrogens is 518 g/mol. The van der Waals surface area contributed by atoms with Crippen LogP contribution < -0.4 is 5.32 Å². The summed E-state index contributed by atoms with van der Waals surface area (Å²) in [4.78, 5) is 18.9. The van der Waals surface area contributed by atoms with Gasteiger partial charge in [0.2, 0.25) is 5.91 Å². The lowest BCUT2D eigenvalue weighted by Gasteiger charge is -2.26. The van der Waals surface area contributed by atoms with Crippen LogP contribution in [0.25, 0.3) is 16.6 Å². The average Bonchev–Trinajstić information content (AvgIpc) is 3.65. The zero-order chi connectivity index (χ0) is 29.2. The topological polar surface area (TPSA) is 66.6 Å². The highest BCUT2D eigenvalue weighted by molar-refractivity contribution is 5.92. The Hall–Kier alpha value is -3.96. The number of carbonyl (C=O) groups is 1. The fraction of sp³-hybridized carbons (Fsp3) is 0.351. The Morgan fingerprint density at radius 1 is 0.952 bits per heavy atom. The van der Waals surface area contributed by atoms with Crippen molar-refractivity contribution in [2.45, 2.75) is 71.3 Å². The number of hydrogen-bond acceptors (Lipinski definition) is 3. The molecule has 216 valence electrons. The van der Waals surface area contributed by atoms with Crippen LogP contribution in [-0.4, -0.2) is 27.0 Å². The van der Waals surface area contributed by atoms with E-state index >= 15 is 0 Å². The van der Waals surface area contributed by atoms with Crippen LogP contribution in [0.3, 0.4) is 0 Å². The molecule has 2 aromatic heterocycles. The van der Waals surface area contributed by atoms with Gasteiger partial charge in [0.15, 0.2) is 0 Å². The summed E-state index contributed by atoms with van der Waals surface area (Å²) in [5.41, 5.74) is 10.3. The van der Waals surface area contributed by atoms with E-state index in [0.717, 1.165) is 61.0 Å². The molecule has 0 aliphatic heterocycles. The number of para-hydroxylation sites is 1. The second-order valence-corrected chi connectivity index (χ2v) is 11.9. The maximum absolute atomic E-state index is 13.8. The highest BCUT2D eigenvalue weighted by Crippen LogP contribution is 2.38. The molecule has 6 rings (SSSR count). The number of aryl methyl sites for hydroxylation is 2. The number of hydrogen-bond donors (Lipinski definition) is 2. The molecule has 2 atom stereocenters. The van der Waals surface area contributed by atoms with E-state index in [0.29, 0.717) is 5.92 Å². The summed E-state index contributed by atoms with van der Waals surface area (Å²) in [7, 11) is 0. The summed E-state index contributed by atoms with van der Waals surface area (Å²) < 4.78 is 2.35. The minimum atomic E-state index is -0.411. The molecular formula is C37H41N3O2. The zero-order valence-corrected chi connectivity index (χ0v) is 24.9. The van der Waals surface area contributed by atoms with Crippen LogP contribution in [0.5, 0.6) is 0 Å². The van der Waals surface area contributed by atoms with Crippen molar-refractivity contribution in [2.24, 2.45) is 5.92 Å². The lowest BCUT2D eigenvalue weighted by Crippen LogP contribution is -2.37. The number of fused-ring (bicyclic) bond motifs is 3. The van der Waals surface area contributed by atoms with Crippen LogP contribution in [0.1, 0.15) is 83.8 Å². The molecule has 2 heterocycles. The van der Waals surface area contributed by atoms with Crippen molar-refractivity contribution in [1.29, 1.82) is 0 Å². The first-order valence-corrected chi connectivity index (χ1v) is 15.4. The van der Waals surface area contributed by atoms with Crippen LogP contribution in [0, 0.1) is 19.8 Å². The lowest BCUT2D eigenvalue weighted by atomic mass is 9.83. The Balaban J connectivity index is 1.32. The normalized spacial score (nSPS) is 15.3. The van der Waals surface area contributed by atoms with Crippen LogP contribution in [-0.2, 0) is 17.6 Å². The summed E-state index contributed by atoms with van der Waals surface area (Å²) >= 11 is 0. The monoisotopic (exact) mass is 559 g/mol. The van der Waals surface area contributed by atoms with Gasteiger partial charge < -0.3 is 10.4 Å². The van der Waals surface area contributed by atoms with Crippen molar-refractivity contribution in [3.8, 4) is 0 Å². The Kier molecular flexibility index (Phi) is 8.12. The average molecular weight is 560 g/mol. The lowest BCUT2D eigenvalue weighted by molar-refractivity contribution is -0.124. The first-order valence-electron chi connectivity index (χ1n) is 15.4. The molecule has 5 aromatic rings. The van der Waals surface area contributed by atoms with Crippen LogP contribution in [0.4, 0.5) is 0 Å². The first-order chi connectivity index (χ1) is 20.5. The van der Waals surface area contributed by atoms with E-state index in [4.69, 9.17) is 4.98 Å². The van der Waals surface area contributed by atoms with Gasteiger partial charge >= 0.3 is 0 Å². The summed E-state index contributed by atoms with van der Waals surface area (Å²) in [6.07, 6.45) is 6.16. The van der Waals surface area contributed by atoms with Gasteiger partial charge in [-0.3, -0.25) is 9.20 Å². The van der Waals surface area contributed by atoms with Crippen LogP contribution in [0.2, 0.25) is 0 Å². The quantitative estimate of drug-likeness (QED) is 0.198. The molecule has 3 aromatic carbocycles. The minimum Gasteiger partial charge on any atom is -0.394 e. The van der Waals surface area contributed by atoms with Crippen LogP contribution in [0.15, 0.2) is 78.9 Å². The molecule has 1 saturated carbocycles. The Morgan fingerprint density at radius 3 is 2.33 bits per heavy atom. The number of aliphatic hydroxyl groups is 1. The summed E-state index contributed by atoms with van der Waals surface area (Å²) in [6, 6.07) is 26.6. The molecule has 2 N–H and O–H groups in total. The maximum atomic E-state index is 13.8. The predicted octanol–water partition coefficient (Wildman–Crippen LogP) is 7.38. The van der Waals surface area contributed by atoms with Crippen LogP contribution >= 0.6 is 0 Å². The van der Waals surface area contributed by atoms with Gasteiger partial charge in [-0.25, -0.2) is 4.98 Å². The number of carbonyl (C=O) groups excluding carboxylic acids is 1. The minimum absolute atomic E-state index is 0.00381. The third-order valence-corrected chi connectivity index (χ3v) is 9.38. The number of aliphatic hydroxyl groups excluding tert-OH is 1. The molecule has 0 radical (unpaired) electrons. The van der Waals surface area contributed by atoms with Gasteiger partial charge in [0, 0.05) is 28.8 Å². The van der Waals surface area contributed by atoms with Gasteiger partial charge in [-0.15, -0.1) is 0 Å². The van der Waals surface area contributed by atoms with E-state index in [-0.39, 0.29) is 18.4 Å². The van der Waals surface area contributed by atoms with Crippen molar-refractivity contribution < 1.29 is 9.90 Å². The third-order valence-electron chi connectivity index (χ3n) is 9.38. The van der Waals surface area contributed by atoms with Crippen molar-refractivity contribution in [1.82, 2.24) is 14.7 Å². The summed E-state index contributed by atoms with van der Waals surface area (Å²) in [5, 5.41) is 14.5. The van der Waals surface area contributed by atoms with Gasteiger partial charge in [-0.2, -0.15) is 0 Å². The SMILES string of the molecule is CCc1c(C)c(C)nc2c(Cc3ccc([C@@H](C(=O)N[C@@H](CO)c4ccccc4)C4CCCC4)cc3)c3ccccc3n12. The maximum Gasteiger partial charge on any atom is 0.228 e. The molecule has 1 aliphatic carbocycles. The van der Waals surface area contributed by atoms with Crippen molar-refractivity contribution in [3.63, 3.8) is 0 Å². The molecule has 0 bridgehead atoms. The standard InChI is InChI=1S/C37H41N3O2/c1-4-33-24(2)25(3)38-36-31(30-16-10-11-17-34(30)40(33)36)22-26-18-20-29(21-19-26)35(28-14-8-9-15-28)37(42)39-32(23-41)27-12-6-5-7-13-27/h5-7,10-13,16-21,28,32,35,41H,4,8-9,14-15,22-23H2,1-3H3,(H,39,42)/t32-,35-/m0/s1. The van der Waals surface area contributed by atoms with Gasteiger partial charge in [-0.1, -0.05) is 92.6 Å². The summed E-state index contributed by atoms with van der Waals surface area (Å²) in [6.45, 7) is 6.37. The first kappa shape index (κ1) is 28.2. The van der Waals surface area contributed by atoms with Gasteiger partial charge in [0.1, 0.15) is 5.65 Å². The van der Waals surface area contributed by atoms with Gasteiger partial charge in [0.25, 0.3) is 0 Å². The fourth-order valence-corrected chi connectivity index (χ4v) is 7.06. The molecule has 5 nitrogen and oxygen atoms in total. The Morgan fingerprint density at radius 2 is 1.64 bits per heavy atom. The van der Waals surface area contributed by atoms with Gasteiger partial charge in [0.05, 0.1) is 24.1 Å². The van der Waals surface area contributed by atoms with Gasteiger partial charge in [-0.05, 0) is 67.3 Å². The molecule has 1 fully saturated rings. The number of benzene rings is 3. The molecule has 1 amide bonds. The third kappa shape index (κ3) is 5.22. The Labute approximate surface area is 248 Å². The smallest absolute Gasteiger partial charge is 0.228 e. The number of nitrogens with one attached hydrogen (secondary N) is 1. The van der Waals surface area contributed by atoms with Crippen molar-refractivity contribution in [2.75, 3.05) is 6.61 Å². The summed E-state index contributed by atoms with van der Waals surface area (Å²) in [5.74, 6) is 0.0900.